The molecule has 1 aromatic rings. The zero-order chi connectivity index (χ0) is 23.8. The summed E-state index contributed by atoms with van der Waals surface area (Å²) in [7, 11) is 1.68. The van der Waals surface area contributed by atoms with Crippen LogP contribution < -0.4 is 4.74 Å². The Hall–Kier alpha value is -1.36. The van der Waals surface area contributed by atoms with Gasteiger partial charge in [0.1, 0.15) is 18.0 Å². The highest BCUT2D eigenvalue weighted by atomic mass is 16.7. The van der Waals surface area contributed by atoms with Gasteiger partial charge in [-0.2, -0.15) is 0 Å². The molecule has 0 aromatic heterocycles. The van der Waals surface area contributed by atoms with Crippen LogP contribution in [0.15, 0.2) is 36.4 Å². The van der Waals surface area contributed by atoms with Crippen molar-refractivity contribution in [2.45, 2.75) is 122 Å². The largest absolute Gasteiger partial charge is 0.497 e. The zero-order valence-electron chi connectivity index (χ0n) is 21.7. The second kappa shape index (κ2) is 16.3. The van der Waals surface area contributed by atoms with Gasteiger partial charge in [0.2, 0.25) is 0 Å². The van der Waals surface area contributed by atoms with Crippen molar-refractivity contribution < 1.29 is 18.9 Å². The zero-order valence-corrected chi connectivity index (χ0v) is 21.7. The SMILES string of the molecule is CCCCCCCCCCCCC/C=C/[C@@H](OCc1ccc(OC)cc1)[C@H]1COC(C)(C)O1. The van der Waals surface area contributed by atoms with E-state index in [9.17, 15) is 0 Å². The molecule has 4 heteroatoms. The standard InChI is InChI=1S/C29H48O4/c1-5-6-7-8-9-10-11-12-13-14-15-16-17-18-27(28-24-32-29(2,3)33-28)31-23-25-19-21-26(30-4)22-20-25/h17-22,27-28H,5-16,23-24H2,1-4H3/b18-17+/t27-,28-/m1/s1. The van der Waals surface area contributed by atoms with E-state index in [2.05, 4.69) is 19.1 Å². The highest BCUT2D eigenvalue weighted by Crippen LogP contribution is 2.27. The number of hydrogen-bond donors (Lipinski definition) is 0. The van der Waals surface area contributed by atoms with Crippen LogP contribution in [0.3, 0.4) is 0 Å². The summed E-state index contributed by atoms with van der Waals surface area (Å²) in [5.74, 6) is 0.312. The fourth-order valence-corrected chi connectivity index (χ4v) is 4.24. The van der Waals surface area contributed by atoms with E-state index in [-0.39, 0.29) is 12.2 Å². The number of hydrogen-bond acceptors (Lipinski definition) is 4. The normalized spacial score (nSPS) is 18.7. The van der Waals surface area contributed by atoms with Crippen molar-refractivity contribution in [2.24, 2.45) is 0 Å². The highest BCUT2D eigenvalue weighted by Gasteiger charge is 2.37. The smallest absolute Gasteiger partial charge is 0.163 e. The van der Waals surface area contributed by atoms with E-state index >= 15 is 0 Å². The molecule has 0 N–H and O–H groups in total. The molecule has 0 aliphatic carbocycles. The molecule has 1 saturated heterocycles. The molecule has 4 nitrogen and oxygen atoms in total. The fraction of sp³-hybridized carbons (Fsp3) is 0.724. The topological polar surface area (TPSA) is 36.9 Å². The summed E-state index contributed by atoms with van der Waals surface area (Å²) in [6.07, 6.45) is 20.5. The van der Waals surface area contributed by atoms with Crippen LogP contribution in [-0.2, 0) is 20.8 Å². The Morgan fingerprint density at radius 1 is 0.939 bits per heavy atom. The molecule has 1 aliphatic heterocycles. The number of ether oxygens (including phenoxy) is 4. The summed E-state index contributed by atoms with van der Waals surface area (Å²) >= 11 is 0. The molecule has 188 valence electrons. The maximum absolute atomic E-state index is 6.25. The molecule has 0 saturated carbocycles. The molecule has 1 heterocycles. The van der Waals surface area contributed by atoms with E-state index in [1.54, 1.807) is 7.11 Å². The monoisotopic (exact) mass is 460 g/mol. The highest BCUT2D eigenvalue weighted by molar-refractivity contribution is 5.26. The van der Waals surface area contributed by atoms with Crippen LogP contribution >= 0.6 is 0 Å². The number of allylic oxidation sites excluding steroid dienone is 1. The Morgan fingerprint density at radius 2 is 1.55 bits per heavy atom. The molecule has 1 aromatic carbocycles. The molecule has 1 fully saturated rings. The summed E-state index contributed by atoms with van der Waals surface area (Å²) in [4.78, 5) is 0. The van der Waals surface area contributed by atoms with Crippen molar-refractivity contribution in [2.75, 3.05) is 13.7 Å². The first-order valence-corrected chi connectivity index (χ1v) is 13.3. The Kier molecular flexibility index (Phi) is 13.8. The molecular weight excluding hydrogens is 412 g/mol. The van der Waals surface area contributed by atoms with Gasteiger partial charge >= 0.3 is 0 Å². The van der Waals surface area contributed by atoms with Crippen molar-refractivity contribution >= 4 is 0 Å². The van der Waals surface area contributed by atoms with Crippen molar-refractivity contribution in [3.8, 4) is 5.75 Å². The summed E-state index contributed by atoms with van der Waals surface area (Å²) in [5.41, 5.74) is 1.12. The van der Waals surface area contributed by atoms with Crippen LogP contribution in [0.4, 0.5) is 0 Å². The average molecular weight is 461 g/mol. The molecule has 0 spiro atoms. The van der Waals surface area contributed by atoms with Crippen molar-refractivity contribution in [1.82, 2.24) is 0 Å². The van der Waals surface area contributed by atoms with E-state index in [0.717, 1.165) is 17.7 Å². The second-order valence-electron chi connectivity index (χ2n) is 9.74. The number of benzene rings is 1. The lowest BCUT2D eigenvalue weighted by Gasteiger charge is -2.22. The lowest BCUT2D eigenvalue weighted by molar-refractivity contribution is -0.152. The second-order valence-corrected chi connectivity index (χ2v) is 9.74. The fourth-order valence-electron chi connectivity index (χ4n) is 4.24. The maximum Gasteiger partial charge on any atom is 0.163 e. The van der Waals surface area contributed by atoms with Crippen molar-refractivity contribution in [3.05, 3.63) is 42.0 Å². The van der Waals surface area contributed by atoms with Gasteiger partial charge in [-0.05, 0) is 44.4 Å². The molecule has 0 amide bonds. The Labute approximate surface area is 203 Å². The van der Waals surface area contributed by atoms with E-state index in [1.165, 1.54) is 70.6 Å². The van der Waals surface area contributed by atoms with Gasteiger partial charge in [-0.25, -0.2) is 0 Å². The lowest BCUT2D eigenvalue weighted by atomic mass is 10.0. The lowest BCUT2D eigenvalue weighted by Crippen LogP contribution is -2.31. The third-order valence-corrected chi connectivity index (χ3v) is 6.30. The Bertz CT molecular complexity index is 638. The van der Waals surface area contributed by atoms with E-state index in [4.69, 9.17) is 18.9 Å². The van der Waals surface area contributed by atoms with Crippen LogP contribution in [0.5, 0.6) is 5.75 Å². The first-order valence-electron chi connectivity index (χ1n) is 13.3. The maximum atomic E-state index is 6.25. The number of methoxy groups -OCH3 is 1. The number of unbranched alkanes of at least 4 members (excludes halogenated alkanes) is 11. The van der Waals surface area contributed by atoms with Gasteiger partial charge in [0.25, 0.3) is 0 Å². The summed E-state index contributed by atoms with van der Waals surface area (Å²) in [6, 6.07) is 8.02. The third-order valence-electron chi connectivity index (χ3n) is 6.30. The van der Waals surface area contributed by atoms with Crippen LogP contribution in [0, 0.1) is 0 Å². The van der Waals surface area contributed by atoms with Gasteiger partial charge in [-0.1, -0.05) is 95.4 Å². The predicted molar refractivity (Wildman–Crippen MR) is 137 cm³/mol. The minimum absolute atomic E-state index is 0.0770. The van der Waals surface area contributed by atoms with Gasteiger partial charge < -0.3 is 18.9 Å². The van der Waals surface area contributed by atoms with Crippen molar-refractivity contribution in [3.63, 3.8) is 0 Å². The van der Waals surface area contributed by atoms with Crippen LogP contribution in [0.1, 0.15) is 103 Å². The molecule has 1 aliphatic rings. The molecule has 0 unspecified atom stereocenters. The molecular formula is C29H48O4. The van der Waals surface area contributed by atoms with Crippen LogP contribution in [0.25, 0.3) is 0 Å². The van der Waals surface area contributed by atoms with Gasteiger partial charge in [-0.15, -0.1) is 0 Å². The van der Waals surface area contributed by atoms with Gasteiger partial charge in [0.15, 0.2) is 5.79 Å². The summed E-state index contributed by atoms with van der Waals surface area (Å²) < 4.78 is 23.4. The minimum Gasteiger partial charge on any atom is -0.497 e. The first-order chi connectivity index (χ1) is 16.0. The first kappa shape index (κ1) is 27.9. The molecule has 0 bridgehead atoms. The van der Waals surface area contributed by atoms with E-state index in [0.29, 0.717) is 13.2 Å². The average Bonchev–Trinajstić information content (AvgIpc) is 3.18. The van der Waals surface area contributed by atoms with Crippen LogP contribution in [0.2, 0.25) is 0 Å². The molecule has 2 atom stereocenters. The molecule has 2 rings (SSSR count). The summed E-state index contributed by atoms with van der Waals surface area (Å²) in [6.45, 7) is 7.30. The van der Waals surface area contributed by atoms with E-state index < -0.39 is 5.79 Å². The van der Waals surface area contributed by atoms with Gasteiger partial charge in [-0.3, -0.25) is 0 Å². The molecule has 33 heavy (non-hydrogen) atoms. The van der Waals surface area contributed by atoms with Gasteiger partial charge in [0.05, 0.1) is 20.3 Å². The van der Waals surface area contributed by atoms with Crippen molar-refractivity contribution in [1.29, 1.82) is 0 Å². The van der Waals surface area contributed by atoms with Crippen LogP contribution in [-0.4, -0.2) is 31.7 Å². The minimum atomic E-state index is -0.545. The Morgan fingerprint density at radius 3 is 2.09 bits per heavy atom. The number of rotatable bonds is 18. The van der Waals surface area contributed by atoms with Gasteiger partial charge in [0, 0.05) is 0 Å². The predicted octanol–water partition coefficient (Wildman–Crippen LogP) is 7.99. The van der Waals surface area contributed by atoms with E-state index in [1.807, 2.05) is 38.1 Å². The third kappa shape index (κ3) is 12.1. The summed E-state index contributed by atoms with van der Waals surface area (Å²) in [5, 5.41) is 0. The quantitative estimate of drug-likeness (QED) is 0.164. The Balaban J connectivity index is 1.66. The molecule has 0 radical (unpaired) electrons.